The van der Waals surface area contributed by atoms with E-state index in [1.165, 1.54) is 0 Å². The summed E-state index contributed by atoms with van der Waals surface area (Å²) in [5.74, 6) is 2.46. The molecule has 1 atom stereocenters. The molecule has 2 N–H and O–H groups in total. The van der Waals surface area contributed by atoms with E-state index in [1.54, 1.807) is 7.05 Å². The monoisotopic (exact) mass is 390 g/mol. The lowest BCUT2D eigenvalue weighted by Gasteiger charge is -2.20. The fraction of sp³-hybridized carbons (Fsp3) is 0.526. The lowest BCUT2D eigenvalue weighted by Crippen LogP contribution is -2.45. The highest BCUT2D eigenvalue weighted by Gasteiger charge is 2.23. The van der Waals surface area contributed by atoms with Crippen molar-refractivity contribution in [2.75, 3.05) is 31.6 Å². The van der Waals surface area contributed by atoms with Crippen LogP contribution in [0.25, 0.3) is 0 Å². The van der Waals surface area contributed by atoms with Gasteiger partial charge in [0.15, 0.2) is 11.8 Å². The van der Waals surface area contributed by atoms with Crippen molar-refractivity contribution in [2.24, 2.45) is 4.99 Å². The second-order valence-corrected chi connectivity index (χ2v) is 7.44. The number of nitrogens with zero attached hydrogens (tertiary/aromatic N) is 4. The van der Waals surface area contributed by atoms with Crippen molar-refractivity contribution >= 4 is 23.2 Å². The number of rotatable bonds is 6. The zero-order chi connectivity index (χ0) is 19.2. The Balaban J connectivity index is 1.45. The molecular weight excluding hydrogens is 364 g/mol. The molecule has 0 aliphatic carbocycles. The molecule has 0 radical (unpaired) electrons. The Labute approximate surface area is 165 Å². The highest BCUT2D eigenvalue weighted by molar-refractivity contribution is 6.30. The first-order valence-corrected chi connectivity index (χ1v) is 9.73. The van der Waals surface area contributed by atoms with Crippen molar-refractivity contribution < 1.29 is 4.52 Å². The fourth-order valence-corrected chi connectivity index (χ4v) is 3.25. The fourth-order valence-electron chi connectivity index (χ4n) is 3.07. The van der Waals surface area contributed by atoms with Gasteiger partial charge in [-0.05, 0) is 24.6 Å². The Morgan fingerprint density at radius 1 is 1.44 bits per heavy atom. The summed E-state index contributed by atoms with van der Waals surface area (Å²) in [6, 6.07) is 8.33. The molecule has 8 heteroatoms. The van der Waals surface area contributed by atoms with Crippen molar-refractivity contribution in [2.45, 2.75) is 38.6 Å². The predicted octanol–water partition coefficient (Wildman–Crippen LogP) is 2.83. The van der Waals surface area contributed by atoms with Crippen LogP contribution in [0.1, 0.15) is 37.9 Å². The Bertz CT molecular complexity index is 775. The maximum absolute atomic E-state index is 6.10. The van der Waals surface area contributed by atoms with Gasteiger partial charge in [-0.1, -0.05) is 36.7 Å². The number of aromatic nitrogens is 2. The molecule has 0 amide bonds. The van der Waals surface area contributed by atoms with Gasteiger partial charge in [-0.25, -0.2) is 0 Å². The van der Waals surface area contributed by atoms with Crippen LogP contribution >= 0.6 is 11.6 Å². The molecule has 1 saturated heterocycles. The summed E-state index contributed by atoms with van der Waals surface area (Å²) in [6.45, 7) is 6.70. The molecule has 1 aliphatic rings. The van der Waals surface area contributed by atoms with E-state index in [1.807, 2.05) is 32.0 Å². The van der Waals surface area contributed by atoms with Crippen LogP contribution in [-0.4, -0.2) is 48.8 Å². The van der Waals surface area contributed by atoms with Gasteiger partial charge in [0.1, 0.15) is 0 Å². The maximum atomic E-state index is 6.10. The molecule has 2 heterocycles. The number of nitrogens with one attached hydrogen (secondary N) is 2. The third-order valence-corrected chi connectivity index (χ3v) is 4.79. The van der Waals surface area contributed by atoms with Crippen molar-refractivity contribution in [3.05, 3.63) is 41.0 Å². The minimum absolute atomic E-state index is 0.273. The first-order valence-electron chi connectivity index (χ1n) is 9.35. The SMILES string of the molecule is CN=C(NCCc1nc(C(C)C)no1)NC1CCN(c2cccc(Cl)c2)C1. The summed E-state index contributed by atoms with van der Waals surface area (Å²) in [5.41, 5.74) is 1.16. The van der Waals surface area contributed by atoms with Gasteiger partial charge in [0.05, 0.1) is 0 Å². The normalized spacial score (nSPS) is 17.6. The van der Waals surface area contributed by atoms with Crippen LogP contribution in [0.4, 0.5) is 5.69 Å². The molecule has 1 aromatic heterocycles. The second kappa shape index (κ2) is 9.08. The molecule has 146 valence electrons. The van der Waals surface area contributed by atoms with Gasteiger partial charge in [-0.3, -0.25) is 4.99 Å². The van der Waals surface area contributed by atoms with Crippen LogP contribution in [0.15, 0.2) is 33.8 Å². The first-order chi connectivity index (χ1) is 13.0. The average Bonchev–Trinajstić information content (AvgIpc) is 3.30. The van der Waals surface area contributed by atoms with Gasteiger partial charge >= 0.3 is 0 Å². The lowest BCUT2D eigenvalue weighted by molar-refractivity contribution is 0.371. The van der Waals surface area contributed by atoms with Gasteiger partial charge in [-0.2, -0.15) is 4.98 Å². The van der Waals surface area contributed by atoms with Gasteiger partial charge < -0.3 is 20.1 Å². The van der Waals surface area contributed by atoms with Crippen molar-refractivity contribution in [1.82, 2.24) is 20.8 Å². The Morgan fingerprint density at radius 2 is 2.30 bits per heavy atom. The van der Waals surface area contributed by atoms with Crippen molar-refractivity contribution in [3.8, 4) is 0 Å². The third kappa shape index (κ3) is 5.35. The number of anilines is 1. The van der Waals surface area contributed by atoms with E-state index >= 15 is 0 Å². The van der Waals surface area contributed by atoms with Crippen molar-refractivity contribution in [1.29, 1.82) is 0 Å². The number of hydrogen-bond acceptors (Lipinski definition) is 5. The average molecular weight is 391 g/mol. The van der Waals surface area contributed by atoms with E-state index in [2.05, 4.69) is 36.7 Å². The summed E-state index contributed by atoms with van der Waals surface area (Å²) in [6.07, 6.45) is 1.72. The molecule has 1 fully saturated rings. The first kappa shape index (κ1) is 19.5. The van der Waals surface area contributed by atoms with Crippen LogP contribution in [0.5, 0.6) is 0 Å². The van der Waals surface area contributed by atoms with Crippen LogP contribution in [0, 0.1) is 0 Å². The molecule has 1 unspecified atom stereocenters. The summed E-state index contributed by atoms with van der Waals surface area (Å²) >= 11 is 6.10. The number of hydrogen-bond donors (Lipinski definition) is 2. The summed E-state index contributed by atoms with van der Waals surface area (Å²) in [7, 11) is 1.78. The molecule has 0 spiro atoms. The van der Waals surface area contributed by atoms with Crippen LogP contribution in [0.3, 0.4) is 0 Å². The van der Waals surface area contributed by atoms with Gasteiger partial charge in [0.2, 0.25) is 5.89 Å². The highest BCUT2D eigenvalue weighted by atomic mass is 35.5. The molecule has 3 rings (SSSR count). The zero-order valence-electron chi connectivity index (χ0n) is 16.1. The van der Waals surface area contributed by atoms with E-state index in [9.17, 15) is 0 Å². The number of halogens is 1. The minimum atomic E-state index is 0.273. The minimum Gasteiger partial charge on any atom is -0.369 e. The summed E-state index contributed by atoms with van der Waals surface area (Å²) in [5, 5.41) is 11.6. The van der Waals surface area contributed by atoms with Crippen LogP contribution in [0.2, 0.25) is 5.02 Å². The van der Waals surface area contributed by atoms with E-state index < -0.39 is 0 Å². The predicted molar refractivity (Wildman–Crippen MR) is 109 cm³/mol. The third-order valence-electron chi connectivity index (χ3n) is 4.56. The quantitative estimate of drug-likeness (QED) is 0.583. The molecule has 27 heavy (non-hydrogen) atoms. The smallest absolute Gasteiger partial charge is 0.228 e. The largest absolute Gasteiger partial charge is 0.369 e. The molecule has 2 aromatic rings. The Kier molecular flexibility index (Phi) is 6.55. The highest BCUT2D eigenvalue weighted by Crippen LogP contribution is 2.23. The van der Waals surface area contributed by atoms with Crippen molar-refractivity contribution in [3.63, 3.8) is 0 Å². The molecule has 1 aliphatic heterocycles. The van der Waals surface area contributed by atoms with Gasteiger partial charge in [0, 0.05) is 55.8 Å². The molecular formula is C19H27ClN6O. The van der Waals surface area contributed by atoms with E-state index in [4.69, 9.17) is 16.1 Å². The van der Waals surface area contributed by atoms with Gasteiger partial charge in [0.25, 0.3) is 0 Å². The molecule has 1 aromatic carbocycles. The van der Waals surface area contributed by atoms with Gasteiger partial charge in [-0.15, -0.1) is 0 Å². The number of aliphatic imine (C=N–C) groups is 1. The lowest BCUT2D eigenvalue weighted by atomic mass is 10.2. The molecule has 0 bridgehead atoms. The van der Waals surface area contributed by atoms with Crippen LogP contribution in [-0.2, 0) is 6.42 Å². The van der Waals surface area contributed by atoms with E-state index in [0.717, 1.165) is 42.0 Å². The maximum Gasteiger partial charge on any atom is 0.228 e. The molecule has 7 nitrogen and oxygen atoms in total. The van der Waals surface area contributed by atoms with E-state index in [-0.39, 0.29) is 5.92 Å². The molecule has 0 saturated carbocycles. The number of guanidine groups is 1. The number of benzene rings is 1. The second-order valence-electron chi connectivity index (χ2n) is 7.01. The summed E-state index contributed by atoms with van der Waals surface area (Å²) < 4.78 is 5.27. The van der Waals surface area contributed by atoms with Crippen LogP contribution < -0.4 is 15.5 Å². The topological polar surface area (TPSA) is 78.6 Å². The Hall–Kier alpha value is -2.28. The standard InChI is InChI=1S/C19H27ClN6O/c1-13(2)18-24-17(27-25-18)7-9-22-19(21-3)23-15-8-10-26(12-15)16-6-4-5-14(20)11-16/h4-6,11,13,15H,7-10,12H2,1-3H3,(H2,21,22,23). The zero-order valence-corrected chi connectivity index (χ0v) is 16.8. The summed E-state index contributed by atoms with van der Waals surface area (Å²) in [4.78, 5) is 11.0. The Morgan fingerprint density at radius 3 is 3.00 bits per heavy atom. The van der Waals surface area contributed by atoms with E-state index in [0.29, 0.717) is 24.9 Å².